The number of rotatable bonds is 19. The zero-order chi connectivity index (χ0) is 122. The molecule has 10 aliphatic rings. The number of aromatic nitrogens is 6. The van der Waals surface area contributed by atoms with Crippen molar-refractivity contribution in [3.63, 3.8) is 0 Å². The van der Waals surface area contributed by atoms with Crippen LogP contribution in [-0.4, -0.2) is 169 Å². The lowest BCUT2D eigenvalue weighted by atomic mass is 9.95. The van der Waals surface area contributed by atoms with Crippen molar-refractivity contribution in [3.8, 4) is 67.0 Å². The number of aliphatic carboxylic acids is 2. The van der Waals surface area contributed by atoms with E-state index in [1.54, 1.807) is 77.4 Å². The summed E-state index contributed by atoms with van der Waals surface area (Å²) in [6.45, 7) is -29.7. The zero-order valence-corrected chi connectivity index (χ0v) is 72.7. The molecule has 3 aliphatic heterocycles. The second-order valence-corrected chi connectivity index (χ2v) is 35.2. The fourth-order valence-corrected chi connectivity index (χ4v) is 19.9. The minimum Gasteiger partial charge on any atom is -0.480 e. The average molecular weight is 1880 g/mol. The lowest BCUT2D eigenvalue weighted by Crippen LogP contribution is -2.54. The molecule has 3 saturated heterocycles. The number of carboxylic acid groups (broad SMARTS) is 2. The van der Waals surface area contributed by atoms with Crippen molar-refractivity contribution >= 4 is 81.1 Å². The van der Waals surface area contributed by atoms with E-state index in [0.717, 1.165) is 70.4 Å². The third-order valence-corrected chi connectivity index (χ3v) is 27.1. The molecule has 32 heteroatoms. The fourth-order valence-electron chi connectivity index (χ4n) is 19.9. The zero-order valence-electron chi connectivity index (χ0n) is 104. The van der Waals surface area contributed by atoms with Crippen LogP contribution in [0.15, 0.2) is 133 Å². The molecule has 6 aromatic carbocycles. The Hall–Kier alpha value is -12.1. The number of benzene rings is 6. The first kappa shape index (κ1) is 61.7. The predicted molar refractivity (Wildman–Crippen MR) is 495 cm³/mol. The van der Waals surface area contributed by atoms with E-state index < -0.39 is 185 Å². The number of carboxylic acids is 2. The van der Waals surface area contributed by atoms with Gasteiger partial charge < -0.3 is 85.9 Å². The number of H-pyrrole nitrogens is 4. The number of piperidine rings is 2. The molecule has 12 N–H and O–H groups in total. The van der Waals surface area contributed by atoms with Crippen molar-refractivity contribution in [2.45, 2.75) is 217 Å². The Morgan fingerprint density at radius 2 is 0.947 bits per heavy atom. The van der Waals surface area contributed by atoms with E-state index in [2.05, 4.69) is 74.0 Å². The van der Waals surface area contributed by atoms with Crippen molar-refractivity contribution in [1.82, 2.24) is 61.0 Å². The molecule has 4 bridgehead atoms. The van der Waals surface area contributed by atoms with E-state index >= 15 is 17.6 Å². The Labute approximate surface area is 818 Å². The van der Waals surface area contributed by atoms with E-state index in [9.17, 15) is 41.1 Å². The molecule has 704 valence electrons. The molecule has 20 rings (SSSR count). The van der Waals surface area contributed by atoms with Gasteiger partial charge in [0.1, 0.15) is 35.7 Å². The second-order valence-electron chi connectivity index (χ2n) is 34.9. The number of fused-ring (bicyclic) bond motifs is 12. The van der Waals surface area contributed by atoms with Crippen LogP contribution in [0.2, 0.25) is 0 Å². The second kappa shape index (κ2) is 37.4. The summed E-state index contributed by atoms with van der Waals surface area (Å²) in [5.74, 6) is -27.1. The Morgan fingerprint density at radius 3 is 1.41 bits per heavy atom. The Kier molecular flexibility index (Phi) is 17.3. The molecule has 2 spiro atoms. The third kappa shape index (κ3) is 18.9. The number of alkyl carbamates (subject to hydrolysis) is 3. The van der Waals surface area contributed by atoms with Crippen molar-refractivity contribution in [1.29, 1.82) is 0 Å². The minimum atomic E-state index is -3.89. The largest absolute Gasteiger partial charge is 0.480 e. The van der Waals surface area contributed by atoms with Gasteiger partial charge in [0.2, 0.25) is 11.8 Å². The van der Waals surface area contributed by atoms with E-state index in [1.807, 2.05) is 36.4 Å². The van der Waals surface area contributed by atoms with Crippen LogP contribution in [0.5, 0.6) is 0 Å². The van der Waals surface area contributed by atoms with E-state index in [-0.39, 0.29) is 64.1 Å². The van der Waals surface area contributed by atoms with Gasteiger partial charge in [-0.05, 0) is 270 Å². The highest BCUT2D eigenvalue weighted by Crippen LogP contribution is 2.63. The normalized spacial score (nSPS) is 27.8. The average Bonchev–Trinajstić information content (AvgIpc) is 0.892. The predicted octanol–water partition coefficient (Wildman–Crippen LogP) is 19.9. The van der Waals surface area contributed by atoms with Crippen LogP contribution in [0.3, 0.4) is 0 Å². The molecule has 27 nitrogen and oxygen atoms in total. The molecular weight excluding hydrogens is 1730 g/mol. The molecule has 133 heavy (non-hydrogen) atoms. The van der Waals surface area contributed by atoms with Crippen molar-refractivity contribution in [3.05, 3.63) is 179 Å². The van der Waals surface area contributed by atoms with Crippen LogP contribution in [0, 0.1) is 46.2 Å². The van der Waals surface area contributed by atoms with Crippen LogP contribution < -0.4 is 27.0 Å². The number of carbonyl (C=O) groups excluding carboxylic acids is 6. The van der Waals surface area contributed by atoms with Gasteiger partial charge in [-0.1, -0.05) is 115 Å². The molecule has 10 aromatic rings. The number of nitrogens with zero attached hydrogens (tertiary/aromatic N) is 4. The van der Waals surface area contributed by atoms with Crippen molar-refractivity contribution in [2.24, 2.45) is 52.0 Å². The first-order chi connectivity index (χ1) is 75.9. The number of methoxy groups -OCH3 is 4. The molecule has 12 atom stereocenters. The number of imidazole rings is 2. The highest BCUT2D eigenvalue weighted by atomic mass is 35.5. The molecule has 7 heterocycles. The van der Waals surface area contributed by atoms with Gasteiger partial charge in [0.05, 0.1) is 74.1 Å². The van der Waals surface area contributed by atoms with Gasteiger partial charge in [0.25, 0.3) is 11.8 Å². The number of hydrogen-bond acceptors (Lipinski definition) is 16. The molecule has 0 unspecified atom stereocenters. The number of nitrogens with one attached hydrogen (secondary N) is 8. The summed E-state index contributed by atoms with van der Waals surface area (Å²) in [5, 5.41) is 26.1. The highest BCUT2D eigenvalue weighted by Gasteiger charge is 2.57. The fraction of sp³-hybridized carbons (Fsp3) is 0.465. The monoisotopic (exact) mass is 1880 g/mol. The van der Waals surface area contributed by atoms with Gasteiger partial charge in [0, 0.05) is 114 Å². The molecule has 7 aliphatic carbocycles. The van der Waals surface area contributed by atoms with Crippen LogP contribution in [0.25, 0.3) is 89.1 Å². The lowest BCUT2D eigenvalue weighted by molar-refractivity contribution is -0.141. The number of aromatic amines is 4. The van der Waals surface area contributed by atoms with Gasteiger partial charge in [-0.2, -0.15) is 17.6 Å². The van der Waals surface area contributed by atoms with Crippen LogP contribution in [0.4, 0.5) is 36.7 Å². The maximum Gasteiger partial charge on any atom is 0.407 e. The van der Waals surface area contributed by atoms with Crippen molar-refractivity contribution in [2.75, 3.05) is 35.0 Å². The van der Waals surface area contributed by atoms with E-state index in [0.29, 0.717) is 106 Å². The number of alkyl halides is 4. The van der Waals surface area contributed by atoms with Gasteiger partial charge in [-0.3, -0.25) is 14.4 Å². The maximum atomic E-state index is 16.9. The highest BCUT2D eigenvalue weighted by molar-refractivity contribution is 6.61. The summed E-state index contributed by atoms with van der Waals surface area (Å²) in [7, 11) is 3.74. The smallest absolute Gasteiger partial charge is 0.407 e. The first-order valence-electron chi connectivity index (χ1n) is 58.7. The number of halogens is 5. The topological polar surface area (TPSA) is 384 Å². The molecule has 4 aromatic heterocycles. The minimum absolute atomic E-state index is 0.0626. The Bertz CT molecular complexity index is 7560. The number of carbonyl (C=O) groups is 8. The van der Waals surface area contributed by atoms with Gasteiger partial charge in [-0.15, -0.1) is 0 Å². The quantitative estimate of drug-likeness (QED) is 0.0203. The van der Waals surface area contributed by atoms with Gasteiger partial charge in [0.15, 0.2) is 0 Å². The van der Waals surface area contributed by atoms with Gasteiger partial charge in [-0.25, -0.2) is 33.9 Å². The van der Waals surface area contributed by atoms with Gasteiger partial charge >= 0.3 is 35.6 Å². The number of amides is 5. The summed E-state index contributed by atoms with van der Waals surface area (Å²) in [6.07, 6.45) is 8.59. The number of ether oxygens (including phenoxy) is 4. The Morgan fingerprint density at radius 1 is 0.496 bits per heavy atom. The van der Waals surface area contributed by atoms with Crippen molar-refractivity contribution < 1.29 is 129 Å². The van der Waals surface area contributed by atoms with E-state index in [1.165, 1.54) is 81.6 Å². The number of likely N-dealkylation sites (tertiary alicyclic amines) is 2. The van der Waals surface area contributed by atoms with Crippen LogP contribution in [-0.2, 0) is 50.0 Å². The third-order valence-electron chi connectivity index (χ3n) is 26.9. The van der Waals surface area contributed by atoms with Crippen LogP contribution >= 0.6 is 11.6 Å². The molecular formula is C101H116ClF4N13O14. The molecule has 5 amide bonds. The van der Waals surface area contributed by atoms with Crippen LogP contribution in [0.1, 0.15) is 258 Å². The lowest BCUT2D eigenvalue weighted by Gasteiger charge is -2.37. The molecule has 8 fully saturated rings. The number of nitrogens with two attached hydrogens (primary N) is 1. The first-order valence-corrected chi connectivity index (χ1v) is 43.0. The SMILES string of the molecule is COC(=O)Cl.FC1(F)c2cc(-c3ccc4nc([C@H]5N[C@@H]6CC[C@H]5C6)[nH]c4c3)ccc2-c2ccc(-c3ccc([C@H]4CCC5(CC5)C4)[nH]3)cc21.[2H]C([2H])([2H])C([2H])(C([2H])([2H])[2H])[C@@]([2H])(N)C(=O)O.[2H]C([2H])([2H])C([2H])(C([2H])([2H])[2H])[C@@]([2H])(NC(=O)OC)C(=O)N1CC2(CC2)C[C@H]1c1ccc(-c2ccc3c(c2)C(F)(F)c2cc(-c4ccc5nc([C@@H]6[C@H]7CC[C@H](C7)N6C(=O)[C@]([2H])(NC(=O)OC)C([2H])(C([2H])([2H])[2H])C([2H])([2H])[2H])[nH]c5c4)ccc2-3)[nH]1.[2H]C([2H])([2H])C([2H])(C([2H])([2H])[2H])[C@@]([2H])(NC(=O)OC)C(=O)O. The standard InChI is InChI=1S/C50H55F2N7O6.C37H34F2N4.C7H13NO4.C5H11NO2.C2H3ClO2/c1-25(2)41(56-47(62)64-5)45(60)58-24-49(17-18-49)23-40(58)38-16-15-36(53-38)29-9-13-33-32-12-8-27(20-34(32)50(51,52)35(33)21-29)28-10-14-37-39(22-28)55-44(54-37)43-30-7-11-31(19-30)59(43)46(61)42(26(3)4)57-48(63)65-6;38-37(39)28-16-20(21-4-8-32-33(18-21)43-35(42-32)34-23-1-5-25(15-23)40-34)2-6-26(28)27-7-3-22(17-29(27)37)30-9-10-31(41-30)24-11-12-36(19-24)13-14-36;1-4(2)5(6(9)10)8-7(11)12-3;1-3(2)4(6)5(7)8;1-5-2(3)4/h8-10,12-16,20-22,25-26,30-31,40-43,53H,7,11,17-19,23-24H2,1-6H3,(H,54,55)(H,56,62)(H,57,63);2-4,6-10,16-18,23-25,34,40-41H,1,5,11-15,19H2,(H,42,43);4-5H,1-3H3,(H,8,11)(H,9,10);3-4H,6H2,1-2H3,(H,7,8);1H3/t30-,31+,40-,41+,42+,43-;23-,24-,25+,34-;5-;4-;/m0011./s1/i1D3,2D3,3D3,4D3,25D,26D,41D,42D;;1D3,2D3,4D,5D;1D3,2D3,3D,4D;. The number of hydrogen-bond donors (Lipinski definition) is 11. The summed E-state index contributed by atoms with van der Waals surface area (Å²) in [5.41, 5.74) is 14.8. The maximum absolute atomic E-state index is 16.9. The summed E-state index contributed by atoms with van der Waals surface area (Å²) in [6, 6.07) is 22.5. The molecule has 5 saturated carbocycles. The summed E-state index contributed by atoms with van der Waals surface area (Å²) in [4.78, 5) is 122. The summed E-state index contributed by atoms with van der Waals surface area (Å²) >= 11 is 4.60. The Balaban J connectivity index is 0.000000186. The van der Waals surface area contributed by atoms with E-state index in [4.69, 9.17) is 67.0 Å². The molecule has 0 radical (unpaired) electrons. The summed E-state index contributed by atoms with van der Waals surface area (Å²) < 4.78 is 330.